The van der Waals surface area contributed by atoms with Gasteiger partial charge >= 0.3 is 0 Å². The van der Waals surface area contributed by atoms with Gasteiger partial charge in [0.05, 0.1) is 0 Å². The second-order valence-corrected chi connectivity index (χ2v) is 6.51. The minimum absolute atomic E-state index is 0.520. The van der Waals surface area contributed by atoms with Crippen molar-refractivity contribution in [1.29, 1.82) is 0 Å². The number of amidine groups is 1. The summed E-state index contributed by atoms with van der Waals surface area (Å²) in [4.78, 5) is 10.7. The predicted octanol–water partition coefficient (Wildman–Crippen LogP) is 3.29. The number of nitrogens with zero attached hydrogens (tertiary/aromatic N) is 3. The van der Waals surface area contributed by atoms with Crippen molar-refractivity contribution in [3.05, 3.63) is 29.0 Å². The number of hydrogen-bond donors (Lipinski definition) is 0. The van der Waals surface area contributed by atoms with Crippen LogP contribution in [0.3, 0.4) is 0 Å². The maximum absolute atomic E-state index is 5.77. The van der Waals surface area contributed by atoms with Crippen LogP contribution in [0.25, 0.3) is 0 Å². The lowest BCUT2D eigenvalue weighted by Crippen LogP contribution is -2.24. The van der Waals surface area contributed by atoms with Crippen LogP contribution < -0.4 is 0 Å². The van der Waals surface area contributed by atoms with E-state index in [0.717, 1.165) is 29.6 Å². The van der Waals surface area contributed by atoms with Crippen molar-refractivity contribution in [1.82, 2.24) is 9.88 Å². The second-order valence-electron chi connectivity index (χ2n) is 3.62. The minimum atomic E-state index is 0.520. The van der Waals surface area contributed by atoms with Crippen LogP contribution in [0.4, 0.5) is 0 Å². The minimum Gasteiger partial charge on any atom is -0.346 e. The number of aliphatic imine (C=N–C) groups is 1. The van der Waals surface area contributed by atoms with E-state index < -0.39 is 0 Å². The Labute approximate surface area is 125 Å². The molecular formula is C11H12ClN3S3. The highest BCUT2D eigenvalue weighted by Crippen LogP contribution is 2.21. The lowest BCUT2D eigenvalue weighted by molar-refractivity contribution is 0.457. The third-order valence-corrected chi connectivity index (χ3v) is 4.64. The van der Waals surface area contributed by atoms with E-state index in [0.29, 0.717) is 9.47 Å². The number of thiocarbonyl (C=S) groups is 1. The molecule has 1 aliphatic heterocycles. The fourth-order valence-electron chi connectivity index (χ4n) is 1.53. The molecule has 0 aliphatic carbocycles. The molecular weight excluding hydrogens is 306 g/mol. The summed E-state index contributed by atoms with van der Waals surface area (Å²) in [5, 5.41) is 1.52. The third kappa shape index (κ3) is 3.85. The van der Waals surface area contributed by atoms with E-state index in [2.05, 4.69) is 14.9 Å². The molecule has 7 heteroatoms. The molecule has 0 radical (unpaired) electrons. The van der Waals surface area contributed by atoms with Crippen LogP contribution in [-0.2, 0) is 6.54 Å². The number of aromatic nitrogens is 1. The maximum Gasteiger partial charge on any atom is 0.166 e. The van der Waals surface area contributed by atoms with Crippen LogP contribution in [0.5, 0.6) is 0 Å². The van der Waals surface area contributed by atoms with Gasteiger partial charge in [-0.15, -0.1) is 0 Å². The highest BCUT2D eigenvalue weighted by atomic mass is 35.5. The summed E-state index contributed by atoms with van der Waals surface area (Å²) in [5.41, 5.74) is 1.13. The van der Waals surface area contributed by atoms with Gasteiger partial charge in [0.25, 0.3) is 0 Å². The predicted molar refractivity (Wildman–Crippen MR) is 85.7 cm³/mol. The topological polar surface area (TPSA) is 28.5 Å². The van der Waals surface area contributed by atoms with Gasteiger partial charge in [-0.2, -0.15) is 0 Å². The molecule has 18 heavy (non-hydrogen) atoms. The van der Waals surface area contributed by atoms with Gasteiger partial charge in [-0.1, -0.05) is 53.4 Å². The lowest BCUT2D eigenvalue weighted by atomic mass is 10.3. The van der Waals surface area contributed by atoms with Gasteiger partial charge in [-0.25, -0.2) is 9.98 Å². The molecule has 0 amide bonds. The number of hydrogen-bond acceptors (Lipinski definition) is 4. The van der Waals surface area contributed by atoms with Crippen molar-refractivity contribution < 1.29 is 0 Å². The van der Waals surface area contributed by atoms with Crippen LogP contribution in [-0.4, -0.2) is 37.9 Å². The Kier molecular flexibility index (Phi) is 5.29. The fourth-order valence-corrected chi connectivity index (χ4v) is 3.01. The summed E-state index contributed by atoms with van der Waals surface area (Å²) < 4.78 is 0.679. The van der Waals surface area contributed by atoms with Gasteiger partial charge in [-0.05, 0) is 17.9 Å². The van der Waals surface area contributed by atoms with Gasteiger partial charge in [0.2, 0.25) is 0 Å². The molecule has 0 spiro atoms. The zero-order chi connectivity index (χ0) is 13.0. The lowest BCUT2D eigenvalue weighted by Gasteiger charge is -2.17. The molecule has 2 rings (SSSR count). The molecule has 0 bridgehead atoms. The van der Waals surface area contributed by atoms with Crippen LogP contribution >= 0.6 is 47.3 Å². The molecule has 1 aliphatic rings. The molecule has 96 valence electrons. The smallest absolute Gasteiger partial charge is 0.166 e. The Bertz CT molecular complexity index is 461. The van der Waals surface area contributed by atoms with Gasteiger partial charge < -0.3 is 4.90 Å². The molecule has 0 unspecified atom stereocenters. The summed E-state index contributed by atoms with van der Waals surface area (Å²) in [6.07, 6.45) is 3.75. The van der Waals surface area contributed by atoms with Crippen LogP contribution in [0, 0.1) is 0 Å². The quantitative estimate of drug-likeness (QED) is 0.616. The van der Waals surface area contributed by atoms with Crippen molar-refractivity contribution in [2.24, 2.45) is 4.99 Å². The van der Waals surface area contributed by atoms with Crippen molar-refractivity contribution in [3.63, 3.8) is 0 Å². The van der Waals surface area contributed by atoms with E-state index >= 15 is 0 Å². The number of thioether (sulfide) groups is 2. The van der Waals surface area contributed by atoms with Gasteiger partial charge in [0, 0.05) is 25.0 Å². The molecule has 1 aromatic rings. The molecule has 0 atom stereocenters. The molecule has 0 N–H and O–H groups in total. The molecule has 0 aromatic carbocycles. The summed E-state index contributed by atoms with van der Waals surface area (Å²) in [6, 6.07) is 3.80. The second kappa shape index (κ2) is 6.75. The molecule has 3 nitrogen and oxygen atoms in total. The van der Waals surface area contributed by atoms with E-state index in [1.807, 2.05) is 18.4 Å². The first kappa shape index (κ1) is 14.1. The highest BCUT2D eigenvalue weighted by Gasteiger charge is 2.20. The average Bonchev–Trinajstić information content (AvgIpc) is 2.79. The van der Waals surface area contributed by atoms with E-state index in [4.69, 9.17) is 23.8 Å². The van der Waals surface area contributed by atoms with E-state index in [-0.39, 0.29) is 0 Å². The molecule has 0 saturated carbocycles. The number of pyridine rings is 1. The largest absolute Gasteiger partial charge is 0.346 e. The van der Waals surface area contributed by atoms with E-state index in [1.54, 1.807) is 18.0 Å². The number of halogens is 1. The molecule has 1 aromatic heterocycles. The Morgan fingerprint density at radius 2 is 2.50 bits per heavy atom. The maximum atomic E-state index is 5.77. The van der Waals surface area contributed by atoms with E-state index in [1.165, 1.54) is 11.8 Å². The van der Waals surface area contributed by atoms with Gasteiger partial charge in [0.1, 0.15) is 5.15 Å². The summed E-state index contributed by atoms with van der Waals surface area (Å²) >= 11 is 14.1. The third-order valence-electron chi connectivity index (χ3n) is 2.39. The molecule has 1 fully saturated rings. The first-order chi connectivity index (χ1) is 8.69. The zero-order valence-corrected chi connectivity index (χ0v) is 13.0. The van der Waals surface area contributed by atoms with Crippen LogP contribution in [0.2, 0.25) is 5.15 Å². The SMILES string of the molecule is CSC(=S)/N=C1/SCCN1Cc1ccc(Cl)nc1. The normalized spacial score (nSPS) is 17.4. The van der Waals surface area contributed by atoms with Crippen LogP contribution in [0.15, 0.2) is 23.3 Å². The monoisotopic (exact) mass is 317 g/mol. The molecule has 1 saturated heterocycles. The van der Waals surface area contributed by atoms with Crippen molar-refractivity contribution in [2.75, 3.05) is 18.6 Å². The van der Waals surface area contributed by atoms with Crippen molar-refractivity contribution in [2.45, 2.75) is 6.54 Å². The van der Waals surface area contributed by atoms with Gasteiger partial charge in [0.15, 0.2) is 9.49 Å². The Balaban J connectivity index is 2.06. The summed E-state index contributed by atoms with van der Waals surface area (Å²) in [5.74, 6) is 1.05. The zero-order valence-electron chi connectivity index (χ0n) is 9.80. The summed E-state index contributed by atoms with van der Waals surface area (Å²) in [6.45, 7) is 1.79. The van der Waals surface area contributed by atoms with E-state index in [9.17, 15) is 0 Å². The number of rotatable bonds is 2. The van der Waals surface area contributed by atoms with Crippen LogP contribution in [0.1, 0.15) is 5.56 Å². The standard InChI is InChI=1S/C11H12ClN3S3/c1-17-11(16)14-10-15(4-5-18-10)7-8-2-3-9(12)13-6-8/h2-3,6H,4-5,7H2,1H3/b14-10+. The fraction of sp³-hybridized carbons (Fsp3) is 0.364. The Hall–Kier alpha value is -0.300. The van der Waals surface area contributed by atoms with Crippen molar-refractivity contribution in [3.8, 4) is 0 Å². The first-order valence-corrected chi connectivity index (χ1v) is 8.33. The van der Waals surface area contributed by atoms with Crippen molar-refractivity contribution >= 4 is 56.8 Å². The van der Waals surface area contributed by atoms with Gasteiger partial charge in [-0.3, -0.25) is 0 Å². The molecule has 2 heterocycles. The Morgan fingerprint density at radius 3 is 3.17 bits per heavy atom. The highest BCUT2D eigenvalue weighted by molar-refractivity contribution is 8.22. The average molecular weight is 318 g/mol. The first-order valence-electron chi connectivity index (χ1n) is 5.34. The summed E-state index contributed by atoms with van der Waals surface area (Å²) in [7, 11) is 0. The Morgan fingerprint density at radius 1 is 1.67 bits per heavy atom.